The molecule has 0 atom stereocenters. The van der Waals surface area contributed by atoms with Crippen molar-refractivity contribution in [3.8, 4) is 0 Å². The number of carboxylic acids is 1. The Morgan fingerprint density at radius 2 is 2.17 bits per heavy atom. The van der Waals surface area contributed by atoms with Gasteiger partial charge in [0.1, 0.15) is 0 Å². The molecule has 1 aromatic heterocycles. The first kappa shape index (κ1) is 14.6. The molecule has 0 bridgehead atoms. The van der Waals surface area contributed by atoms with Crippen LogP contribution in [-0.4, -0.2) is 39.5 Å². The van der Waals surface area contributed by atoms with Gasteiger partial charge in [0, 0.05) is 18.0 Å². The fourth-order valence-electron chi connectivity index (χ4n) is 1.63. The molecule has 6 heteroatoms. The summed E-state index contributed by atoms with van der Waals surface area (Å²) in [5.41, 5.74) is 0.753. The van der Waals surface area contributed by atoms with E-state index in [1.807, 2.05) is 26.2 Å². The molecule has 1 aromatic rings. The van der Waals surface area contributed by atoms with Gasteiger partial charge in [0.2, 0.25) is 5.91 Å². The molecule has 1 heterocycles. The van der Waals surface area contributed by atoms with Gasteiger partial charge >= 0.3 is 5.97 Å². The standard InChI is InChI=1S/C12H18N2O3S/c1-8(2)14(5-4-12(16)17)11(15)6-10-7-18-9(3)13-10/h7-8H,4-6H2,1-3H3,(H,16,17). The average Bonchev–Trinajstić information content (AvgIpc) is 2.63. The summed E-state index contributed by atoms with van der Waals surface area (Å²) in [5.74, 6) is -0.963. The van der Waals surface area contributed by atoms with Crippen LogP contribution in [0.4, 0.5) is 0 Å². The van der Waals surface area contributed by atoms with Gasteiger partial charge in [-0.15, -0.1) is 11.3 Å². The summed E-state index contributed by atoms with van der Waals surface area (Å²) < 4.78 is 0. The maximum atomic E-state index is 12.1. The Morgan fingerprint density at radius 3 is 2.61 bits per heavy atom. The molecule has 18 heavy (non-hydrogen) atoms. The van der Waals surface area contributed by atoms with Gasteiger partial charge in [-0.1, -0.05) is 0 Å². The molecule has 0 spiro atoms. The molecule has 0 aliphatic rings. The fourth-order valence-corrected chi connectivity index (χ4v) is 2.25. The van der Waals surface area contributed by atoms with Gasteiger partial charge in [0.25, 0.3) is 0 Å². The van der Waals surface area contributed by atoms with E-state index in [1.54, 1.807) is 4.90 Å². The minimum absolute atomic E-state index is 0.00316. The third kappa shape index (κ3) is 4.44. The quantitative estimate of drug-likeness (QED) is 0.854. The zero-order valence-corrected chi connectivity index (χ0v) is 11.7. The van der Waals surface area contributed by atoms with Gasteiger partial charge in [0.05, 0.1) is 23.5 Å². The Kier molecular flexibility index (Phi) is 5.27. The highest BCUT2D eigenvalue weighted by Gasteiger charge is 2.19. The zero-order chi connectivity index (χ0) is 13.7. The highest BCUT2D eigenvalue weighted by molar-refractivity contribution is 7.09. The number of aryl methyl sites for hydroxylation is 1. The molecule has 0 aliphatic carbocycles. The number of aromatic nitrogens is 1. The lowest BCUT2D eigenvalue weighted by molar-refractivity contribution is -0.139. The maximum absolute atomic E-state index is 12.1. The molecular weight excluding hydrogens is 252 g/mol. The van der Waals surface area contributed by atoms with E-state index in [-0.39, 0.29) is 31.3 Å². The first-order chi connectivity index (χ1) is 8.40. The second kappa shape index (κ2) is 6.49. The van der Waals surface area contributed by atoms with Gasteiger partial charge < -0.3 is 10.0 Å². The SMILES string of the molecule is Cc1nc(CC(=O)N(CCC(=O)O)C(C)C)cs1. The number of hydrogen-bond acceptors (Lipinski definition) is 4. The van der Waals surface area contributed by atoms with Crippen molar-refractivity contribution in [3.05, 3.63) is 16.1 Å². The summed E-state index contributed by atoms with van der Waals surface area (Å²) in [6.07, 6.45) is 0.210. The molecule has 0 aromatic carbocycles. The van der Waals surface area contributed by atoms with Crippen molar-refractivity contribution in [3.63, 3.8) is 0 Å². The van der Waals surface area contributed by atoms with Gasteiger partial charge in [-0.3, -0.25) is 9.59 Å². The van der Waals surface area contributed by atoms with Gasteiger partial charge in [0.15, 0.2) is 0 Å². The van der Waals surface area contributed by atoms with E-state index in [9.17, 15) is 9.59 Å². The smallest absolute Gasteiger partial charge is 0.305 e. The van der Waals surface area contributed by atoms with E-state index in [0.717, 1.165) is 10.7 Å². The van der Waals surface area contributed by atoms with E-state index < -0.39 is 5.97 Å². The minimum Gasteiger partial charge on any atom is -0.481 e. The molecule has 0 saturated carbocycles. The monoisotopic (exact) mass is 270 g/mol. The molecule has 1 rings (SSSR count). The molecule has 100 valence electrons. The van der Waals surface area contributed by atoms with Crippen molar-refractivity contribution in [1.82, 2.24) is 9.88 Å². The highest BCUT2D eigenvalue weighted by Crippen LogP contribution is 2.11. The molecule has 0 radical (unpaired) electrons. The van der Waals surface area contributed by atoms with Crippen molar-refractivity contribution >= 4 is 23.2 Å². The number of aliphatic carboxylic acids is 1. The predicted molar refractivity (Wildman–Crippen MR) is 69.7 cm³/mol. The van der Waals surface area contributed by atoms with Crippen LogP contribution in [0.15, 0.2) is 5.38 Å². The van der Waals surface area contributed by atoms with Crippen LogP contribution in [0.2, 0.25) is 0 Å². The second-order valence-corrected chi connectivity index (χ2v) is 5.42. The number of rotatable bonds is 6. The number of carbonyl (C=O) groups is 2. The Hall–Kier alpha value is -1.43. The van der Waals surface area contributed by atoms with Crippen LogP contribution in [0.5, 0.6) is 0 Å². The maximum Gasteiger partial charge on any atom is 0.305 e. The number of hydrogen-bond donors (Lipinski definition) is 1. The lowest BCUT2D eigenvalue weighted by Gasteiger charge is -2.25. The third-order valence-corrected chi connectivity index (χ3v) is 3.33. The first-order valence-electron chi connectivity index (χ1n) is 5.82. The molecule has 0 unspecified atom stereocenters. The number of thiazole rings is 1. The van der Waals surface area contributed by atoms with Crippen LogP contribution in [0.3, 0.4) is 0 Å². The Morgan fingerprint density at radius 1 is 1.50 bits per heavy atom. The Bertz CT molecular complexity index is 429. The summed E-state index contributed by atoms with van der Waals surface area (Å²) in [6, 6.07) is -0.00316. The molecule has 0 saturated heterocycles. The minimum atomic E-state index is -0.891. The molecule has 1 amide bonds. The summed E-state index contributed by atoms with van der Waals surface area (Å²) in [5, 5.41) is 11.5. The van der Waals surface area contributed by atoms with E-state index in [1.165, 1.54) is 11.3 Å². The van der Waals surface area contributed by atoms with Crippen molar-refractivity contribution in [2.75, 3.05) is 6.54 Å². The average molecular weight is 270 g/mol. The van der Waals surface area contributed by atoms with E-state index in [2.05, 4.69) is 4.98 Å². The van der Waals surface area contributed by atoms with E-state index >= 15 is 0 Å². The fraction of sp³-hybridized carbons (Fsp3) is 0.583. The van der Waals surface area contributed by atoms with Gasteiger partial charge in [-0.25, -0.2) is 4.98 Å². The van der Waals surface area contributed by atoms with Crippen LogP contribution in [0, 0.1) is 6.92 Å². The lowest BCUT2D eigenvalue weighted by Crippen LogP contribution is -2.39. The van der Waals surface area contributed by atoms with Crippen LogP contribution in [0.1, 0.15) is 31.0 Å². The van der Waals surface area contributed by atoms with Gasteiger partial charge in [-0.2, -0.15) is 0 Å². The number of amides is 1. The van der Waals surface area contributed by atoms with Crippen molar-refractivity contribution in [1.29, 1.82) is 0 Å². The topological polar surface area (TPSA) is 70.5 Å². The second-order valence-electron chi connectivity index (χ2n) is 4.36. The van der Waals surface area contributed by atoms with Crippen LogP contribution >= 0.6 is 11.3 Å². The molecular formula is C12H18N2O3S. The predicted octanol–water partition coefficient (Wildman–Crippen LogP) is 1.71. The summed E-state index contributed by atoms with van der Waals surface area (Å²) >= 11 is 1.51. The van der Waals surface area contributed by atoms with Crippen molar-refractivity contribution in [2.45, 2.75) is 39.7 Å². The summed E-state index contributed by atoms with van der Waals surface area (Å²) in [4.78, 5) is 28.5. The van der Waals surface area contributed by atoms with Crippen LogP contribution in [0.25, 0.3) is 0 Å². The van der Waals surface area contributed by atoms with E-state index in [0.29, 0.717) is 0 Å². The normalized spacial score (nSPS) is 10.7. The molecule has 5 nitrogen and oxygen atoms in total. The Labute approximate surface area is 110 Å². The lowest BCUT2D eigenvalue weighted by atomic mass is 10.2. The number of nitrogens with zero attached hydrogens (tertiary/aromatic N) is 2. The Balaban J connectivity index is 2.62. The largest absolute Gasteiger partial charge is 0.481 e. The number of carboxylic acid groups (broad SMARTS) is 1. The summed E-state index contributed by atoms with van der Waals surface area (Å²) in [6.45, 7) is 5.90. The molecule has 1 N–H and O–H groups in total. The van der Waals surface area contributed by atoms with Crippen LogP contribution < -0.4 is 0 Å². The van der Waals surface area contributed by atoms with Crippen molar-refractivity contribution < 1.29 is 14.7 Å². The molecule has 0 aliphatic heterocycles. The number of carbonyl (C=O) groups excluding carboxylic acids is 1. The van der Waals surface area contributed by atoms with Crippen LogP contribution in [-0.2, 0) is 16.0 Å². The van der Waals surface area contributed by atoms with E-state index in [4.69, 9.17) is 5.11 Å². The highest BCUT2D eigenvalue weighted by atomic mass is 32.1. The zero-order valence-electron chi connectivity index (χ0n) is 10.8. The van der Waals surface area contributed by atoms with Crippen molar-refractivity contribution in [2.24, 2.45) is 0 Å². The summed E-state index contributed by atoms with van der Waals surface area (Å²) in [7, 11) is 0. The first-order valence-corrected chi connectivity index (χ1v) is 6.70. The van der Waals surface area contributed by atoms with Gasteiger partial charge in [-0.05, 0) is 20.8 Å². The third-order valence-electron chi connectivity index (χ3n) is 2.51. The molecule has 0 fully saturated rings.